The average molecular weight is 430 g/mol. The zero-order valence-electron chi connectivity index (χ0n) is 18.6. The molecule has 1 N–H and O–H groups in total. The first-order valence-electron chi connectivity index (χ1n) is 10.8. The summed E-state index contributed by atoms with van der Waals surface area (Å²) in [7, 11) is 0. The van der Waals surface area contributed by atoms with Gasteiger partial charge in [-0.15, -0.1) is 0 Å². The first-order valence-corrected chi connectivity index (χ1v) is 10.8. The van der Waals surface area contributed by atoms with Crippen LogP contribution in [0.15, 0.2) is 59.7 Å². The average Bonchev–Trinajstić information content (AvgIpc) is 3.39. The molecule has 32 heavy (non-hydrogen) atoms. The van der Waals surface area contributed by atoms with E-state index in [1.54, 1.807) is 4.68 Å². The molecule has 164 valence electrons. The van der Waals surface area contributed by atoms with Crippen molar-refractivity contribution in [1.82, 2.24) is 14.8 Å². The van der Waals surface area contributed by atoms with Crippen molar-refractivity contribution < 1.29 is 9.59 Å². The van der Waals surface area contributed by atoms with Gasteiger partial charge in [0.15, 0.2) is 0 Å². The number of anilines is 1. The molecule has 1 aromatic heterocycles. The molecule has 0 radical (unpaired) electrons. The molecule has 1 aliphatic rings. The number of aryl methyl sites for hydroxylation is 3. The summed E-state index contributed by atoms with van der Waals surface area (Å²) in [5, 5.41) is 13.3. The van der Waals surface area contributed by atoms with Crippen LogP contribution >= 0.6 is 0 Å². The number of hydrogen-bond acceptors (Lipinski definition) is 4. The van der Waals surface area contributed by atoms with Crippen molar-refractivity contribution in [2.24, 2.45) is 5.10 Å². The Bertz CT molecular complexity index is 1160. The highest BCUT2D eigenvalue weighted by atomic mass is 16.2. The van der Waals surface area contributed by atoms with Gasteiger partial charge >= 0.3 is 0 Å². The van der Waals surface area contributed by atoms with Crippen molar-refractivity contribution in [3.8, 4) is 5.69 Å². The summed E-state index contributed by atoms with van der Waals surface area (Å²) in [6, 6.07) is 17.8. The van der Waals surface area contributed by atoms with Crippen LogP contribution in [-0.2, 0) is 9.59 Å². The molecular formula is C25H27N5O2. The van der Waals surface area contributed by atoms with Gasteiger partial charge in [0.2, 0.25) is 11.8 Å². The van der Waals surface area contributed by atoms with Crippen LogP contribution in [0.3, 0.4) is 0 Å². The summed E-state index contributed by atoms with van der Waals surface area (Å²) < 4.78 is 1.73. The SMILES string of the molecule is Cc1cc(C)cc(-n2nc(C)cc2NC(=O)CCC(=O)N2CCC(c3ccccc3)=N2)c1. The van der Waals surface area contributed by atoms with Gasteiger partial charge in [0.1, 0.15) is 5.82 Å². The van der Waals surface area contributed by atoms with E-state index in [0.29, 0.717) is 12.4 Å². The van der Waals surface area contributed by atoms with Gasteiger partial charge in [-0.25, -0.2) is 9.69 Å². The highest BCUT2D eigenvalue weighted by Crippen LogP contribution is 2.20. The number of hydrogen-bond donors (Lipinski definition) is 1. The third-order valence-corrected chi connectivity index (χ3v) is 5.31. The molecule has 0 unspecified atom stereocenters. The van der Waals surface area contributed by atoms with Crippen LogP contribution in [0.5, 0.6) is 0 Å². The van der Waals surface area contributed by atoms with E-state index in [0.717, 1.165) is 40.2 Å². The molecule has 2 heterocycles. The second-order valence-corrected chi connectivity index (χ2v) is 8.16. The van der Waals surface area contributed by atoms with Crippen molar-refractivity contribution >= 4 is 23.3 Å². The lowest BCUT2D eigenvalue weighted by molar-refractivity contribution is -0.132. The topological polar surface area (TPSA) is 79.6 Å². The van der Waals surface area contributed by atoms with Gasteiger partial charge in [-0.1, -0.05) is 36.4 Å². The standard InChI is InChI=1S/C25H27N5O2/c1-17-13-18(2)15-21(14-17)30-23(16-19(3)27-30)26-24(31)9-10-25(32)29-12-11-22(28-29)20-7-5-4-6-8-20/h4-8,13-16H,9-12H2,1-3H3,(H,26,31). The Kier molecular flexibility index (Phi) is 6.16. The number of rotatable bonds is 6. The molecule has 0 saturated carbocycles. The van der Waals surface area contributed by atoms with Gasteiger partial charge in [-0.05, 0) is 49.6 Å². The van der Waals surface area contributed by atoms with E-state index in [-0.39, 0.29) is 24.7 Å². The second kappa shape index (κ2) is 9.18. The van der Waals surface area contributed by atoms with Crippen LogP contribution in [0.2, 0.25) is 0 Å². The molecule has 7 nitrogen and oxygen atoms in total. The minimum Gasteiger partial charge on any atom is -0.311 e. The van der Waals surface area contributed by atoms with Gasteiger partial charge in [-0.2, -0.15) is 10.2 Å². The maximum absolute atomic E-state index is 12.6. The first-order chi connectivity index (χ1) is 15.4. The predicted molar refractivity (Wildman–Crippen MR) is 125 cm³/mol. The Labute approximate surface area is 187 Å². The number of benzene rings is 2. The van der Waals surface area contributed by atoms with E-state index in [1.165, 1.54) is 5.01 Å². The molecule has 7 heteroatoms. The fraction of sp³-hybridized carbons (Fsp3) is 0.280. The lowest BCUT2D eigenvalue weighted by Crippen LogP contribution is -2.25. The Morgan fingerprint density at radius 2 is 1.69 bits per heavy atom. The second-order valence-electron chi connectivity index (χ2n) is 8.16. The van der Waals surface area contributed by atoms with Gasteiger partial charge in [0.25, 0.3) is 0 Å². The Morgan fingerprint density at radius 1 is 0.969 bits per heavy atom. The molecule has 0 saturated heterocycles. The maximum Gasteiger partial charge on any atom is 0.243 e. The van der Waals surface area contributed by atoms with E-state index in [1.807, 2.05) is 69.3 Å². The quantitative estimate of drug-likeness (QED) is 0.639. The predicted octanol–water partition coefficient (Wildman–Crippen LogP) is 4.15. The summed E-state index contributed by atoms with van der Waals surface area (Å²) >= 11 is 0. The highest BCUT2D eigenvalue weighted by molar-refractivity contribution is 6.02. The van der Waals surface area contributed by atoms with Crippen LogP contribution < -0.4 is 5.32 Å². The molecule has 0 spiro atoms. The molecule has 2 aromatic carbocycles. The minimum atomic E-state index is -0.227. The molecule has 0 aliphatic carbocycles. The van der Waals surface area contributed by atoms with Crippen molar-refractivity contribution in [1.29, 1.82) is 0 Å². The van der Waals surface area contributed by atoms with Gasteiger partial charge < -0.3 is 5.32 Å². The summed E-state index contributed by atoms with van der Waals surface area (Å²) in [6.45, 7) is 6.49. The van der Waals surface area contributed by atoms with Crippen molar-refractivity contribution in [2.75, 3.05) is 11.9 Å². The zero-order chi connectivity index (χ0) is 22.7. The molecule has 2 amide bonds. The fourth-order valence-electron chi connectivity index (χ4n) is 3.88. The molecule has 0 bridgehead atoms. The fourth-order valence-corrected chi connectivity index (χ4v) is 3.88. The summed E-state index contributed by atoms with van der Waals surface area (Å²) in [6.07, 6.45) is 0.910. The van der Waals surface area contributed by atoms with Crippen LogP contribution in [-0.4, -0.2) is 38.9 Å². The molecule has 0 atom stereocenters. The first kappa shape index (κ1) is 21.5. The largest absolute Gasteiger partial charge is 0.311 e. The molecule has 4 rings (SSSR count). The summed E-state index contributed by atoms with van der Waals surface area (Å²) in [4.78, 5) is 25.2. The number of nitrogens with one attached hydrogen (secondary N) is 1. The van der Waals surface area contributed by atoms with Crippen molar-refractivity contribution in [2.45, 2.75) is 40.0 Å². The van der Waals surface area contributed by atoms with E-state index >= 15 is 0 Å². The van der Waals surface area contributed by atoms with Crippen LogP contribution in [0.25, 0.3) is 5.69 Å². The highest BCUT2D eigenvalue weighted by Gasteiger charge is 2.22. The monoisotopic (exact) mass is 429 g/mol. The van der Waals surface area contributed by atoms with E-state index in [9.17, 15) is 9.59 Å². The number of hydrazone groups is 1. The number of amides is 2. The smallest absolute Gasteiger partial charge is 0.243 e. The number of aromatic nitrogens is 2. The van der Waals surface area contributed by atoms with Crippen LogP contribution in [0.1, 0.15) is 41.6 Å². The maximum atomic E-state index is 12.6. The van der Waals surface area contributed by atoms with E-state index in [4.69, 9.17) is 0 Å². The van der Waals surface area contributed by atoms with Crippen LogP contribution in [0, 0.1) is 20.8 Å². The molecule has 1 aliphatic heterocycles. The number of carbonyl (C=O) groups is 2. The third-order valence-electron chi connectivity index (χ3n) is 5.31. The van der Waals surface area contributed by atoms with E-state index < -0.39 is 0 Å². The lowest BCUT2D eigenvalue weighted by atomic mass is 10.1. The zero-order valence-corrected chi connectivity index (χ0v) is 18.6. The third kappa shape index (κ3) is 4.94. The number of carbonyl (C=O) groups excluding carboxylic acids is 2. The number of nitrogens with zero attached hydrogens (tertiary/aromatic N) is 4. The Hall–Kier alpha value is -3.74. The molecular weight excluding hydrogens is 402 g/mol. The summed E-state index contributed by atoms with van der Waals surface area (Å²) in [5.41, 5.74) is 5.86. The normalized spacial score (nSPS) is 13.2. The molecule has 0 fully saturated rings. The van der Waals surface area contributed by atoms with Gasteiger partial charge in [0.05, 0.1) is 23.6 Å². The molecule has 3 aromatic rings. The Morgan fingerprint density at radius 3 is 2.41 bits per heavy atom. The van der Waals surface area contributed by atoms with Crippen molar-refractivity contribution in [3.63, 3.8) is 0 Å². The van der Waals surface area contributed by atoms with E-state index in [2.05, 4.69) is 21.6 Å². The Balaban J connectivity index is 1.38. The minimum absolute atomic E-state index is 0.0859. The van der Waals surface area contributed by atoms with Gasteiger partial charge in [0, 0.05) is 25.3 Å². The van der Waals surface area contributed by atoms with Gasteiger partial charge in [-0.3, -0.25) is 9.59 Å². The van der Waals surface area contributed by atoms with Crippen LogP contribution in [0.4, 0.5) is 5.82 Å². The van der Waals surface area contributed by atoms with Crippen molar-refractivity contribution in [3.05, 3.63) is 77.0 Å². The lowest BCUT2D eigenvalue weighted by Gasteiger charge is -2.12. The summed E-state index contributed by atoms with van der Waals surface area (Å²) in [5.74, 6) is 0.218.